The van der Waals surface area contributed by atoms with Gasteiger partial charge in [0.2, 0.25) is 17.7 Å². The van der Waals surface area contributed by atoms with E-state index >= 15 is 0 Å². The third kappa shape index (κ3) is 6.72. The van der Waals surface area contributed by atoms with E-state index in [4.69, 9.17) is 9.72 Å². The maximum atomic E-state index is 15.0. The van der Waals surface area contributed by atoms with Crippen LogP contribution in [0.1, 0.15) is 59.3 Å². The van der Waals surface area contributed by atoms with Crippen LogP contribution in [0.2, 0.25) is 0 Å². The molecule has 10 rings (SSSR count). The lowest BCUT2D eigenvalue weighted by Gasteiger charge is -2.43. The second-order valence-corrected chi connectivity index (χ2v) is 16.8. The molecule has 60 heavy (non-hydrogen) atoms. The molecule has 6 aliphatic rings. The third-order valence-corrected chi connectivity index (χ3v) is 13.2. The molecule has 2 aromatic heterocycles. The number of benzene rings is 2. The Bertz CT molecular complexity index is 2400. The van der Waals surface area contributed by atoms with Gasteiger partial charge in [0, 0.05) is 88.0 Å². The van der Waals surface area contributed by atoms with Gasteiger partial charge in [0.25, 0.3) is 12.3 Å². The standard InChI is InChI=1S/C43H44F3N9O5/c44-31-3-1-2-29(38(31)57)33-17-35-39(51-50-33)47-23-43(42(45)46)18-28(22-55(35)43)60-37-9-5-26-20-52(13-12-32(26)48-37)19-24-10-14-53(15-11-24)27-6-4-25-21-54(41(59)30(25)16-27)34-7-8-36(56)49-40(34)58/h1-6,9,16-17,24,28,34,42,57H,7-8,10-15,18-23H2,(H,47,51)(H,49,56,58)/t28-,34+,43-/m1/s1. The fraction of sp³-hybridized carbons (Fsp3) is 0.442. The summed E-state index contributed by atoms with van der Waals surface area (Å²) in [5.41, 5.74) is 3.68. The Labute approximate surface area is 343 Å². The van der Waals surface area contributed by atoms with Gasteiger partial charge >= 0.3 is 0 Å². The van der Waals surface area contributed by atoms with Crippen molar-refractivity contribution in [2.75, 3.05) is 54.4 Å². The molecule has 3 fully saturated rings. The zero-order valence-electron chi connectivity index (χ0n) is 32.7. The number of phenols is 1. The summed E-state index contributed by atoms with van der Waals surface area (Å²) in [4.78, 5) is 50.3. The van der Waals surface area contributed by atoms with E-state index in [0.29, 0.717) is 41.8 Å². The Hall–Kier alpha value is -5.97. The molecule has 14 nitrogen and oxygen atoms in total. The van der Waals surface area contributed by atoms with Crippen molar-refractivity contribution >= 4 is 34.9 Å². The van der Waals surface area contributed by atoms with Gasteiger partial charge in [-0.05, 0) is 66.6 Å². The maximum Gasteiger partial charge on any atom is 0.263 e. The molecule has 8 heterocycles. The summed E-state index contributed by atoms with van der Waals surface area (Å²) in [6.45, 7) is 4.77. The fourth-order valence-electron chi connectivity index (χ4n) is 9.95. The van der Waals surface area contributed by atoms with Gasteiger partial charge in [0.15, 0.2) is 17.4 Å². The topological polar surface area (TPSA) is 156 Å². The molecule has 4 aromatic rings. The lowest BCUT2D eigenvalue weighted by molar-refractivity contribution is -0.136. The number of aromatic hydroxyl groups is 1. The van der Waals surface area contributed by atoms with Crippen molar-refractivity contribution in [2.45, 2.75) is 75.7 Å². The normalized spacial score (nSPS) is 24.2. The highest BCUT2D eigenvalue weighted by Crippen LogP contribution is 2.46. The molecular formula is C43H44F3N9O5. The summed E-state index contributed by atoms with van der Waals surface area (Å²) in [5, 5.41) is 24.0. The van der Waals surface area contributed by atoms with Crippen molar-refractivity contribution in [3.8, 4) is 22.9 Å². The average Bonchev–Trinajstić information content (AvgIpc) is 3.79. The minimum atomic E-state index is -2.72. The number of amides is 3. The maximum absolute atomic E-state index is 15.0. The molecule has 3 N–H and O–H groups in total. The van der Waals surface area contributed by atoms with Crippen LogP contribution < -0.4 is 25.2 Å². The summed E-state index contributed by atoms with van der Waals surface area (Å²) < 4.78 is 50.4. The Kier molecular flexibility index (Phi) is 9.52. The molecule has 6 aliphatic heterocycles. The zero-order chi connectivity index (χ0) is 41.3. The van der Waals surface area contributed by atoms with E-state index in [0.717, 1.165) is 80.6 Å². The largest absolute Gasteiger partial charge is 0.504 e. The van der Waals surface area contributed by atoms with Crippen molar-refractivity contribution in [3.05, 3.63) is 82.8 Å². The van der Waals surface area contributed by atoms with E-state index in [1.165, 1.54) is 12.1 Å². The molecule has 0 bridgehead atoms. The summed E-state index contributed by atoms with van der Waals surface area (Å²) in [6, 6.07) is 14.8. The van der Waals surface area contributed by atoms with Gasteiger partial charge in [0.1, 0.15) is 17.7 Å². The van der Waals surface area contributed by atoms with Crippen LogP contribution in [0, 0.1) is 11.7 Å². The first-order chi connectivity index (χ1) is 29.0. The molecule has 0 spiro atoms. The number of rotatable bonds is 8. The number of phenolic OH excluding ortho intramolecular Hbond substituents is 1. The summed E-state index contributed by atoms with van der Waals surface area (Å²) in [7, 11) is 0. The molecule has 17 heteroatoms. The number of fused-ring (bicyclic) bond motifs is 5. The number of carbonyl (C=O) groups excluding carboxylic acids is 3. The fourth-order valence-corrected chi connectivity index (χ4v) is 9.95. The lowest BCUT2D eigenvalue weighted by atomic mass is 9.93. The van der Waals surface area contributed by atoms with Gasteiger partial charge in [-0.15, -0.1) is 10.2 Å². The van der Waals surface area contributed by atoms with Crippen LogP contribution in [-0.4, -0.2) is 111 Å². The SMILES string of the molecule is O=C1CC[C@H](N2Cc3ccc(N4CCC(CN5CCc6nc(O[C@H]7CN8c9cc(-c%10cccc(F)c%10O)nnc9NC[C@@]8(C(F)F)C7)ccc6C5)CC4)cc3C2=O)C(=O)N1. The number of carbonyl (C=O) groups is 3. The number of aromatic nitrogens is 3. The van der Waals surface area contributed by atoms with Crippen molar-refractivity contribution in [1.82, 2.24) is 30.3 Å². The average molecular weight is 824 g/mol. The predicted octanol–water partition coefficient (Wildman–Crippen LogP) is 4.51. The molecule has 0 saturated carbocycles. The minimum absolute atomic E-state index is 0.0408. The van der Waals surface area contributed by atoms with Crippen LogP contribution in [0.25, 0.3) is 11.3 Å². The first-order valence-corrected chi connectivity index (χ1v) is 20.6. The molecule has 3 saturated heterocycles. The van der Waals surface area contributed by atoms with Crippen molar-refractivity contribution in [2.24, 2.45) is 5.92 Å². The highest BCUT2D eigenvalue weighted by molar-refractivity contribution is 6.05. The van der Waals surface area contributed by atoms with Crippen molar-refractivity contribution in [3.63, 3.8) is 0 Å². The molecule has 0 unspecified atom stereocenters. The second kappa shape index (κ2) is 14.9. The Morgan fingerprint density at radius 2 is 1.77 bits per heavy atom. The Morgan fingerprint density at radius 1 is 0.933 bits per heavy atom. The highest BCUT2D eigenvalue weighted by atomic mass is 19.3. The van der Waals surface area contributed by atoms with Crippen LogP contribution in [0.5, 0.6) is 11.6 Å². The first-order valence-electron chi connectivity index (χ1n) is 20.6. The van der Waals surface area contributed by atoms with Gasteiger partial charge in [-0.25, -0.2) is 18.2 Å². The van der Waals surface area contributed by atoms with Gasteiger partial charge < -0.3 is 29.9 Å². The van der Waals surface area contributed by atoms with Gasteiger partial charge in [-0.1, -0.05) is 18.2 Å². The summed E-state index contributed by atoms with van der Waals surface area (Å²) in [5.74, 6) is -1.03. The number of pyridine rings is 1. The molecule has 2 aromatic carbocycles. The number of hydrogen-bond donors (Lipinski definition) is 3. The zero-order valence-corrected chi connectivity index (χ0v) is 32.7. The monoisotopic (exact) mass is 823 g/mol. The number of nitrogens with one attached hydrogen (secondary N) is 2. The van der Waals surface area contributed by atoms with E-state index in [1.54, 1.807) is 15.9 Å². The van der Waals surface area contributed by atoms with Crippen LogP contribution in [0.3, 0.4) is 0 Å². The van der Waals surface area contributed by atoms with Crippen LogP contribution in [0.15, 0.2) is 54.6 Å². The number of ether oxygens (including phenoxy) is 1. The van der Waals surface area contributed by atoms with Crippen LogP contribution >= 0.6 is 0 Å². The Balaban J connectivity index is 0.747. The van der Waals surface area contributed by atoms with Crippen molar-refractivity contribution < 1.29 is 37.4 Å². The van der Waals surface area contributed by atoms with Gasteiger partial charge in [0.05, 0.1) is 23.6 Å². The number of nitrogens with zero attached hydrogens (tertiary/aromatic N) is 7. The summed E-state index contributed by atoms with van der Waals surface area (Å²) in [6.07, 6.45) is 0.0774. The predicted molar refractivity (Wildman–Crippen MR) is 213 cm³/mol. The molecular weight excluding hydrogens is 780 g/mol. The number of alkyl halides is 2. The second-order valence-electron chi connectivity index (χ2n) is 16.8. The van der Waals surface area contributed by atoms with E-state index in [1.807, 2.05) is 24.3 Å². The van der Waals surface area contributed by atoms with E-state index < -0.39 is 41.6 Å². The van der Waals surface area contributed by atoms with Gasteiger partial charge in [-0.3, -0.25) is 24.6 Å². The van der Waals surface area contributed by atoms with Crippen LogP contribution in [-0.2, 0) is 29.1 Å². The number of anilines is 3. The molecule has 0 aliphatic carbocycles. The van der Waals surface area contributed by atoms with E-state index in [9.17, 15) is 32.7 Å². The smallest absolute Gasteiger partial charge is 0.263 e. The number of halogens is 3. The lowest BCUT2D eigenvalue weighted by Crippen LogP contribution is -2.57. The quantitative estimate of drug-likeness (QED) is 0.214. The highest BCUT2D eigenvalue weighted by Gasteiger charge is 2.56. The third-order valence-electron chi connectivity index (χ3n) is 13.2. The number of piperidine rings is 2. The number of para-hydroxylation sites is 1. The number of imide groups is 1. The molecule has 3 amide bonds. The first kappa shape index (κ1) is 38.2. The Morgan fingerprint density at radius 3 is 2.58 bits per heavy atom. The van der Waals surface area contributed by atoms with Crippen LogP contribution in [0.4, 0.5) is 30.4 Å². The number of hydrogen-bond acceptors (Lipinski definition) is 12. The molecule has 0 radical (unpaired) electrons. The molecule has 3 atom stereocenters. The molecule has 312 valence electrons. The van der Waals surface area contributed by atoms with Gasteiger partial charge in [-0.2, -0.15) is 0 Å². The minimum Gasteiger partial charge on any atom is -0.504 e. The van der Waals surface area contributed by atoms with Crippen molar-refractivity contribution in [1.29, 1.82) is 0 Å². The van der Waals surface area contributed by atoms with E-state index in [2.05, 4.69) is 36.7 Å². The van der Waals surface area contributed by atoms with E-state index in [-0.39, 0.29) is 49.0 Å². The summed E-state index contributed by atoms with van der Waals surface area (Å²) >= 11 is 0.